The highest BCUT2D eigenvalue weighted by atomic mass is 32.1. The molecule has 0 saturated carbocycles. The molecule has 4 nitrogen and oxygen atoms in total. The summed E-state index contributed by atoms with van der Waals surface area (Å²) in [5.41, 5.74) is 0. The lowest BCUT2D eigenvalue weighted by atomic mass is 10.2. The molecule has 2 aromatic heterocycles. The number of carboxylic acids is 1. The summed E-state index contributed by atoms with van der Waals surface area (Å²) in [6.07, 6.45) is 2.30. The molecule has 6 heteroatoms. The summed E-state index contributed by atoms with van der Waals surface area (Å²) < 4.78 is 0. The number of aryl methyl sites for hydroxylation is 1. The number of aromatic carboxylic acids is 1. The maximum absolute atomic E-state index is 10.7. The number of thiophene rings is 1. The van der Waals surface area contributed by atoms with Crippen LogP contribution in [0.15, 0.2) is 18.3 Å². The van der Waals surface area contributed by atoms with Crippen LogP contribution in [0.2, 0.25) is 0 Å². The van der Waals surface area contributed by atoms with Crippen molar-refractivity contribution in [2.75, 3.05) is 5.32 Å². The normalized spacial score (nSPS) is 12.3. The van der Waals surface area contributed by atoms with Crippen LogP contribution in [0.3, 0.4) is 0 Å². The zero-order valence-electron chi connectivity index (χ0n) is 10.1. The molecule has 0 aromatic carbocycles. The van der Waals surface area contributed by atoms with Crippen molar-refractivity contribution in [2.45, 2.75) is 26.3 Å². The third-order valence-electron chi connectivity index (χ3n) is 2.39. The summed E-state index contributed by atoms with van der Waals surface area (Å²) in [4.78, 5) is 17.7. The minimum absolute atomic E-state index is 0.232. The Balaban J connectivity index is 1.94. The lowest BCUT2D eigenvalue weighted by Crippen LogP contribution is -2.17. The first-order valence-electron chi connectivity index (χ1n) is 5.55. The molecule has 0 saturated heterocycles. The predicted octanol–water partition coefficient (Wildman–Crippen LogP) is 3.25. The summed E-state index contributed by atoms with van der Waals surface area (Å²) in [5.74, 6) is -0.929. The minimum Gasteiger partial charge on any atom is -0.477 e. The monoisotopic (exact) mass is 282 g/mol. The molecular weight excluding hydrogens is 268 g/mol. The van der Waals surface area contributed by atoms with Crippen molar-refractivity contribution >= 4 is 33.8 Å². The van der Waals surface area contributed by atoms with E-state index in [4.69, 9.17) is 5.11 Å². The average Bonchev–Trinajstić information content (AvgIpc) is 2.88. The predicted molar refractivity (Wildman–Crippen MR) is 74.9 cm³/mol. The first kappa shape index (κ1) is 13.0. The molecule has 1 atom stereocenters. The van der Waals surface area contributed by atoms with E-state index in [1.807, 2.05) is 0 Å². The molecule has 0 aliphatic heterocycles. The second-order valence-electron chi connectivity index (χ2n) is 4.10. The molecule has 0 amide bonds. The Bertz CT molecular complexity index is 548. The molecule has 2 heterocycles. The number of nitrogens with one attached hydrogen (secondary N) is 1. The largest absolute Gasteiger partial charge is 0.477 e. The quantitative estimate of drug-likeness (QED) is 0.883. The summed E-state index contributed by atoms with van der Waals surface area (Å²) in [7, 11) is 0. The molecule has 0 fully saturated rings. The first-order chi connectivity index (χ1) is 8.54. The SMILES string of the molecule is Cc1ccc(CC(C)Nc2ncc(C(=O)O)s2)s1. The van der Waals surface area contributed by atoms with Crippen molar-refractivity contribution in [1.82, 2.24) is 4.98 Å². The van der Waals surface area contributed by atoms with E-state index in [2.05, 4.69) is 36.3 Å². The maximum atomic E-state index is 10.7. The van der Waals surface area contributed by atoms with Gasteiger partial charge >= 0.3 is 5.97 Å². The summed E-state index contributed by atoms with van der Waals surface area (Å²) in [6, 6.07) is 4.47. The third kappa shape index (κ3) is 3.30. The Morgan fingerprint density at radius 2 is 2.28 bits per heavy atom. The highest BCUT2D eigenvalue weighted by Crippen LogP contribution is 2.21. The van der Waals surface area contributed by atoms with E-state index in [1.54, 1.807) is 11.3 Å². The topological polar surface area (TPSA) is 62.2 Å². The maximum Gasteiger partial charge on any atom is 0.347 e. The van der Waals surface area contributed by atoms with Gasteiger partial charge in [-0.25, -0.2) is 9.78 Å². The Morgan fingerprint density at radius 3 is 2.83 bits per heavy atom. The van der Waals surface area contributed by atoms with Gasteiger partial charge in [-0.15, -0.1) is 11.3 Å². The third-order valence-corrected chi connectivity index (χ3v) is 4.33. The van der Waals surface area contributed by atoms with Gasteiger partial charge in [0.25, 0.3) is 0 Å². The van der Waals surface area contributed by atoms with E-state index in [1.165, 1.54) is 27.3 Å². The number of nitrogens with zero attached hydrogens (tertiary/aromatic N) is 1. The number of hydrogen-bond donors (Lipinski definition) is 2. The fraction of sp³-hybridized carbons (Fsp3) is 0.333. The minimum atomic E-state index is -0.929. The summed E-state index contributed by atoms with van der Waals surface area (Å²) in [6.45, 7) is 4.16. The van der Waals surface area contributed by atoms with Gasteiger partial charge in [-0.2, -0.15) is 0 Å². The molecule has 2 N–H and O–H groups in total. The van der Waals surface area contributed by atoms with Crippen molar-refractivity contribution in [2.24, 2.45) is 0 Å². The lowest BCUT2D eigenvalue weighted by molar-refractivity contribution is 0.0702. The fourth-order valence-electron chi connectivity index (χ4n) is 1.60. The molecule has 0 bridgehead atoms. The van der Waals surface area contributed by atoms with Gasteiger partial charge in [0.15, 0.2) is 5.13 Å². The van der Waals surface area contributed by atoms with Gasteiger partial charge in [-0.05, 0) is 26.0 Å². The van der Waals surface area contributed by atoms with Crippen LogP contribution in [-0.2, 0) is 6.42 Å². The molecular formula is C12H14N2O2S2. The number of anilines is 1. The van der Waals surface area contributed by atoms with Gasteiger partial charge in [0, 0.05) is 22.2 Å². The Hall–Kier alpha value is -1.40. The van der Waals surface area contributed by atoms with Crippen LogP contribution in [0.5, 0.6) is 0 Å². The Morgan fingerprint density at radius 1 is 1.50 bits per heavy atom. The number of carbonyl (C=O) groups is 1. The lowest BCUT2D eigenvalue weighted by Gasteiger charge is -2.11. The van der Waals surface area contributed by atoms with E-state index in [0.717, 1.165) is 6.42 Å². The van der Waals surface area contributed by atoms with Crippen molar-refractivity contribution in [1.29, 1.82) is 0 Å². The van der Waals surface area contributed by atoms with E-state index >= 15 is 0 Å². The van der Waals surface area contributed by atoms with Crippen LogP contribution < -0.4 is 5.32 Å². The second kappa shape index (κ2) is 5.49. The van der Waals surface area contributed by atoms with E-state index in [0.29, 0.717) is 5.13 Å². The van der Waals surface area contributed by atoms with Gasteiger partial charge in [0.2, 0.25) is 0 Å². The van der Waals surface area contributed by atoms with Crippen LogP contribution in [0.1, 0.15) is 26.3 Å². The van der Waals surface area contributed by atoms with Gasteiger partial charge in [0.05, 0.1) is 6.20 Å². The number of rotatable bonds is 5. The van der Waals surface area contributed by atoms with Crippen molar-refractivity contribution in [3.8, 4) is 0 Å². The molecule has 2 rings (SSSR count). The van der Waals surface area contributed by atoms with Crippen LogP contribution in [0, 0.1) is 6.92 Å². The van der Waals surface area contributed by atoms with E-state index in [-0.39, 0.29) is 10.9 Å². The van der Waals surface area contributed by atoms with Crippen LogP contribution in [-0.4, -0.2) is 22.1 Å². The number of thiazole rings is 1. The Kier molecular flexibility index (Phi) is 3.98. The standard InChI is InChI=1S/C12H14N2O2S2/c1-7(5-9-4-3-8(2)17-9)14-12-13-6-10(18-12)11(15)16/h3-4,6-7H,5H2,1-2H3,(H,13,14)(H,15,16). The molecule has 2 aromatic rings. The van der Waals surface area contributed by atoms with Crippen LogP contribution in [0.4, 0.5) is 5.13 Å². The van der Waals surface area contributed by atoms with Crippen LogP contribution >= 0.6 is 22.7 Å². The van der Waals surface area contributed by atoms with E-state index in [9.17, 15) is 4.79 Å². The van der Waals surface area contributed by atoms with Gasteiger partial charge in [-0.1, -0.05) is 11.3 Å². The molecule has 0 spiro atoms. The van der Waals surface area contributed by atoms with Crippen LogP contribution in [0.25, 0.3) is 0 Å². The second-order valence-corrected chi connectivity index (χ2v) is 6.50. The Labute approximate surface area is 113 Å². The summed E-state index contributed by atoms with van der Waals surface area (Å²) in [5, 5.41) is 12.7. The van der Waals surface area contributed by atoms with Gasteiger partial charge in [-0.3, -0.25) is 0 Å². The van der Waals surface area contributed by atoms with Crippen molar-refractivity contribution in [3.05, 3.63) is 33.0 Å². The molecule has 18 heavy (non-hydrogen) atoms. The molecule has 96 valence electrons. The molecule has 1 unspecified atom stereocenters. The number of hydrogen-bond acceptors (Lipinski definition) is 5. The van der Waals surface area contributed by atoms with Crippen molar-refractivity contribution < 1.29 is 9.90 Å². The zero-order chi connectivity index (χ0) is 13.1. The van der Waals surface area contributed by atoms with Gasteiger partial charge < -0.3 is 10.4 Å². The van der Waals surface area contributed by atoms with E-state index < -0.39 is 5.97 Å². The number of aromatic nitrogens is 1. The smallest absolute Gasteiger partial charge is 0.347 e. The fourth-order valence-corrected chi connectivity index (χ4v) is 3.38. The number of carboxylic acid groups (broad SMARTS) is 1. The summed E-state index contributed by atoms with van der Waals surface area (Å²) >= 11 is 2.95. The van der Waals surface area contributed by atoms with Gasteiger partial charge in [0.1, 0.15) is 4.88 Å². The molecule has 0 aliphatic carbocycles. The average molecular weight is 282 g/mol. The first-order valence-corrected chi connectivity index (χ1v) is 7.19. The highest BCUT2D eigenvalue weighted by molar-refractivity contribution is 7.17. The highest BCUT2D eigenvalue weighted by Gasteiger charge is 2.11. The zero-order valence-corrected chi connectivity index (χ0v) is 11.8. The molecule has 0 radical (unpaired) electrons. The van der Waals surface area contributed by atoms with Crippen molar-refractivity contribution in [3.63, 3.8) is 0 Å². The molecule has 0 aliphatic rings.